The Bertz CT molecular complexity index is 560. The van der Waals surface area contributed by atoms with Gasteiger partial charge in [0.05, 0.1) is 37.0 Å². The molecule has 0 aromatic carbocycles. The van der Waals surface area contributed by atoms with Gasteiger partial charge in [-0.15, -0.1) is 0 Å². The highest BCUT2D eigenvalue weighted by atomic mass is 32.2. The highest BCUT2D eigenvalue weighted by molar-refractivity contribution is 7.88. The lowest BCUT2D eigenvalue weighted by atomic mass is 9.77. The van der Waals surface area contributed by atoms with Crippen molar-refractivity contribution >= 4 is 15.9 Å². The average molecular weight is 346 g/mol. The second kappa shape index (κ2) is 6.31. The molecule has 2 aliphatic heterocycles. The summed E-state index contributed by atoms with van der Waals surface area (Å²) in [6.45, 7) is 1.87. The van der Waals surface area contributed by atoms with Crippen LogP contribution in [0.3, 0.4) is 0 Å². The van der Waals surface area contributed by atoms with Gasteiger partial charge in [0.25, 0.3) is 0 Å². The van der Waals surface area contributed by atoms with Gasteiger partial charge in [0.2, 0.25) is 15.9 Å². The van der Waals surface area contributed by atoms with Crippen LogP contribution in [0.15, 0.2) is 0 Å². The number of rotatable bonds is 3. The molecule has 1 saturated carbocycles. The maximum Gasteiger partial charge on any atom is 0.225 e. The van der Waals surface area contributed by atoms with Crippen molar-refractivity contribution in [3.8, 4) is 0 Å². The Kier molecular flexibility index (Phi) is 4.70. The molecule has 0 spiro atoms. The van der Waals surface area contributed by atoms with Gasteiger partial charge in [-0.1, -0.05) is 0 Å². The average Bonchev–Trinajstić information content (AvgIpc) is 2.66. The number of fused-ring (bicyclic) bond motifs is 1. The predicted octanol–water partition coefficient (Wildman–Crippen LogP) is -0.0571. The van der Waals surface area contributed by atoms with Gasteiger partial charge >= 0.3 is 0 Å². The molecule has 1 N–H and O–H groups in total. The van der Waals surface area contributed by atoms with Gasteiger partial charge in [0, 0.05) is 19.6 Å². The molecule has 0 radical (unpaired) electrons. The number of aliphatic hydroxyl groups is 1. The first kappa shape index (κ1) is 17.1. The van der Waals surface area contributed by atoms with Crippen molar-refractivity contribution in [1.82, 2.24) is 9.21 Å². The van der Waals surface area contributed by atoms with Crippen LogP contribution in [0.4, 0.5) is 0 Å². The van der Waals surface area contributed by atoms with Gasteiger partial charge in [-0.05, 0) is 32.1 Å². The van der Waals surface area contributed by atoms with Crippen LogP contribution in [-0.2, 0) is 19.6 Å². The Morgan fingerprint density at radius 3 is 2.57 bits per heavy atom. The van der Waals surface area contributed by atoms with Crippen molar-refractivity contribution in [3.63, 3.8) is 0 Å². The molecule has 1 amide bonds. The molecule has 7 nitrogen and oxygen atoms in total. The Morgan fingerprint density at radius 1 is 1.26 bits per heavy atom. The van der Waals surface area contributed by atoms with E-state index in [-0.39, 0.29) is 24.5 Å². The summed E-state index contributed by atoms with van der Waals surface area (Å²) in [6, 6.07) is -0.191. The molecule has 8 heteroatoms. The van der Waals surface area contributed by atoms with E-state index >= 15 is 0 Å². The fraction of sp³-hybridized carbons (Fsp3) is 0.933. The Morgan fingerprint density at radius 2 is 1.96 bits per heavy atom. The third-order valence-electron chi connectivity index (χ3n) is 5.36. The van der Waals surface area contributed by atoms with E-state index in [0.29, 0.717) is 51.9 Å². The Balaban J connectivity index is 1.65. The van der Waals surface area contributed by atoms with Crippen LogP contribution in [0, 0.1) is 0 Å². The highest BCUT2D eigenvalue weighted by Crippen LogP contribution is 2.35. The first-order valence-corrected chi connectivity index (χ1v) is 10.2. The van der Waals surface area contributed by atoms with Crippen molar-refractivity contribution in [2.24, 2.45) is 0 Å². The van der Waals surface area contributed by atoms with E-state index in [1.54, 1.807) is 4.90 Å². The SMILES string of the molecule is CS(=O)(=O)N1CCO[C@@H]2CCN(C(=O)CC3(O)CCC3)CC[C@H]21. The van der Waals surface area contributed by atoms with Crippen LogP contribution in [0.5, 0.6) is 0 Å². The quantitative estimate of drug-likeness (QED) is 0.774. The fourth-order valence-corrected chi connectivity index (χ4v) is 5.00. The monoisotopic (exact) mass is 346 g/mol. The molecule has 132 valence electrons. The minimum Gasteiger partial charge on any atom is -0.389 e. The van der Waals surface area contributed by atoms with E-state index in [4.69, 9.17) is 4.74 Å². The molecular formula is C15H26N2O5S. The van der Waals surface area contributed by atoms with Crippen LogP contribution >= 0.6 is 0 Å². The van der Waals surface area contributed by atoms with Crippen molar-refractivity contribution < 1.29 is 23.1 Å². The summed E-state index contributed by atoms with van der Waals surface area (Å²) >= 11 is 0. The number of sulfonamides is 1. The van der Waals surface area contributed by atoms with Crippen LogP contribution in [0.25, 0.3) is 0 Å². The normalized spacial score (nSPS) is 31.8. The zero-order valence-electron chi connectivity index (χ0n) is 13.6. The Hall–Kier alpha value is -0.700. The number of nitrogens with zero attached hydrogens (tertiary/aromatic N) is 2. The summed E-state index contributed by atoms with van der Waals surface area (Å²) < 4.78 is 31.2. The lowest BCUT2D eigenvalue weighted by Gasteiger charge is -2.38. The zero-order chi connectivity index (χ0) is 16.7. The van der Waals surface area contributed by atoms with Crippen molar-refractivity contribution in [1.29, 1.82) is 0 Å². The van der Waals surface area contributed by atoms with E-state index < -0.39 is 15.6 Å². The second-order valence-electron chi connectivity index (χ2n) is 7.06. The maximum atomic E-state index is 12.4. The first-order chi connectivity index (χ1) is 10.8. The first-order valence-electron chi connectivity index (χ1n) is 8.37. The van der Waals surface area contributed by atoms with Crippen LogP contribution < -0.4 is 0 Å². The molecule has 0 aromatic heterocycles. The molecule has 0 aromatic rings. The molecule has 3 fully saturated rings. The summed E-state index contributed by atoms with van der Waals surface area (Å²) in [5, 5.41) is 10.2. The molecule has 2 atom stereocenters. The summed E-state index contributed by atoms with van der Waals surface area (Å²) in [4.78, 5) is 14.2. The topological polar surface area (TPSA) is 87.2 Å². The van der Waals surface area contributed by atoms with E-state index in [0.717, 1.165) is 6.42 Å². The van der Waals surface area contributed by atoms with Gasteiger partial charge in [-0.2, -0.15) is 4.31 Å². The van der Waals surface area contributed by atoms with Gasteiger partial charge in [-0.3, -0.25) is 4.79 Å². The van der Waals surface area contributed by atoms with Gasteiger partial charge < -0.3 is 14.7 Å². The molecule has 0 unspecified atom stereocenters. The molecule has 0 bridgehead atoms. The van der Waals surface area contributed by atoms with Crippen LogP contribution in [0.2, 0.25) is 0 Å². The van der Waals surface area contributed by atoms with Crippen molar-refractivity contribution in [2.45, 2.75) is 56.3 Å². The zero-order valence-corrected chi connectivity index (χ0v) is 14.4. The maximum absolute atomic E-state index is 12.4. The highest BCUT2D eigenvalue weighted by Gasteiger charge is 2.41. The molecule has 3 rings (SSSR count). The van der Waals surface area contributed by atoms with Gasteiger partial charge in [-0.25, -0.2) is 8.42 Å². The molecule has 3 aliphatic rings. The number of carbonyl (C=O) groups is 1. The van der Waals surface area contributed by atoms with E-state index in [2.05, 4.69) is 0 Å². The smallest absolute Gasteiger partial charge is 0.225 e. The largest absolute Gasteiger partial charge is 0.389 e. The Labute approximate surface area is 137 Å². The van der Waals surface area contributed by atoms with Crippen molar-refractivity contribution in [2.75, 3.05) is 32.5 Å². The minimum atomic E-state index is -3.26. The third kappa shape index (κ3) is 3.70. The summed E-state index contributed by atoms with van der Waals surface area (Å²) in [5.41, 5.74) is -0.814. The van der Waals surface area contributed by atoms with Crippen LogP contribution in [0.1, 0.15) is 38.5 Å². The summed E-state index contributed by atoms with van der Waals surface area (Å²) in [5.74, 6) is -0.0308. The standard InChI is InChI=1S/C15H26N2O5S/c1-23(20,21)17-9-10-22-13-4-8-16(7-3-12(13)17)14(18)11-15(19)5-2-6-15/h12-13,19H,2-11H2,1H3/t12-,13-/m1/s1. The summed E-state index contributed by atoms with van der Waals surface area (Å²) in [6.07, 6.45) is 4.86. The molecule has 1 aliphatic carbocycles. The summed E-state index contributed by atoms with van der Waals surface area (Å²) in [7, 11) is -3.26. The predicted molar refractivity (Wildman–Crippen MR) is 84.3 cm³/mol. The number of morpholine rings is 1. The number of carbonyl (C=O) groups excluding carboxylic acids is 1. The van der Waals surface area contributed by atoms with E-state index in [1.807, 2.05) is 0 Å². The third-order valence-corrected chi connectivity index (χ3v) is 6.67. The fourth-order valence-electron chi connectivity index (χ4n) is 3.86. The van der Waals surface area contributed by atoms with Gasteiger partial charge in [0.1, 0.15) is 0 Å². The number of likely N-dealkylation sites (tertiary alicyclic amines) is 1. The lowest BCUT2D eigenvalue weighted by molar-refractivity contribution is -0.140. The molecule has 2 saturated heterocycles. The molecular weight excluding hydrogens is 320 g/mol. The number of hydrogen-bond donors (Lipinski definition) is 1. The molecule has 2 heterocycles. The lowest BCUT2D eigenvalue weighted by Crippen LogP contribution is -2.53. The number of hydrogen-bond acceptors (Lipinski definition) is 5. The van der Waals surface area contributed by atoms with E-state index in [9.17, 15) is 18.3 Å². The molecule has 23 heavy (non-hydrogen) atoms. The van der Waals surface area contributed by atoms with Gasteiger partial charge in [0.15, 0.2) is 0 Å². The minimum absolute atomic E-state index is 0.0308. The second-order valence-corrected chi connectivity index (χ2v) is 9.00. The van der Waals surface area contributed by atoms with E-state index in [1.165, 1.54) is 10.6 Å². The number of amides is 1. The van der Waals surface area contributed by atoms with Crippen molar-refractivity contribution in [3.05, 3.63) is 0 Å². The number of ether oxygens (including phenoxy) is 1. The van der Waals surface area contributed by atoms with Crippen LogP contribution in [-0.4, -0.2) is 78.9 Å².